The second kappa shape index (κ2) is 10.6. The van der Waals surface area contributed by atoms with E-state index in [-0.39, 0.29) is 28.1 Å². The molecule has 2 aromatic rings. The summed E-state index contributed by atoms with van der Waals surface area (Å²) >= 11 is 0.790. The van der Waals surface area contributed by atoms with Gasteiger partial charge in [-0.2, -0.15) is 21.6 Å². The number of rotatable bonds is 9. The summed E-state index contributed by atoms with van der Waals surface area (Å²) in [6, 6.07) is 2.82. The third-order valence-corrected chi connectivity index (χ3v) is 6.79. The number of benzene rings is 1. The van der Waals surface area contributed by atoms with E-state index in [1.54, 1.807) is 4.72 Å². The molecule has 0 bridgehead atoms. The summed E-state index contributed by atoms with van der Waals surface area (Å²) in [5, 5.41) is 15.1. The van der Waals surface area contributed by atoms with Crippen LogP contribution in [-0.4, -0.2) is 49.8 Å². The molecule has 0 fully saturated rings. The molecule has 0 atom stereocenters. The Bertz CT molecular complexity index is 1170. The molecule has 1 aromatic heterocycles. The van der Waals surface area contributed by atoms with Gasteiger partial charge in [0.1, 0.15) is 5.69 Å². The number of nitrogens with zero attached hydrogens (tertiary/aromatic N) is 5. The van der Waals surface area contributed by atoms with Crippen LogP contribution in [0.4, 0.5) is 35.4 Å². The largest absolute Gasteiger partial charge is 0.516 e. The third kappa shape index (κ3) is 6.00. The number of ether oxygens (including phenoxy) is 1. The van der Waals surface area contributed by atoms with Crippen molar-refractivity contribution >= 4 is 49.5 Å². The number of carbonyl (C=O) groups is 1. The number of alkyl halides is 3. The highest BCUT2D eigenvalue weighted by Crippen LogP contribution is 2.39. The number of hydrogen-bond acceptors (Lipinski definition) is 10. The number of sulfonamides is 1. The van der Waals surface area contributed by atoms with E-state index in [4.69, 9.17) is 4.74 Å². The third-order valence-electron chi connectivity index (χ3n) is 4.91. The highest BCUT2D eigenvalue weighted by Gasteiger charge is 2.46. The van der Waals surface area contributed by atoms with Crippen molar-refractivity contribution < 1.29 is 31.1 Å². The molecule has 1 aromatic carbocycles. The first-order chi connectivity index (χ1) is 16.1. The molecule has 0 radical (unpaired) electrons. The minimum absolute atomic E-state index is 0.0417. The van der Waals surface area contributed by atoms with E-state index >= 15 is 0 Å². The molecular weight excluding hydrogens is 497 g/mol. The first-order valence-corrected chi connectivity index (χ1v) is 12.8. The van der Waals surface area contributed by atoms with Crippen LogP contribution in [0.1, 0.15) is 48.5 Å². The molecule has 0 saturated carbocycles. The van der Waals surface area contributed by atoms with Gasteiger partial charge in [0.15, 0.2) is 0 Å². The van der Waals surface area contributed by atoms with Gasteiger partial charge in [0.05, 0.1) is 12.3 Å². The van der Waals surface area contributed by atoms with Gasteiger partial charge < -0.3 is 9.64 Å². The maximum Gasteiger partial charge on any atom is 0.516 e. The molecule has 34 heavy (non-hydrogen) atoms. The average molecular weight is 521 g/mol. The summed E-state index contributed by atoms with van der Waals surface area (Å²) in [6.07, 6.45) is 3.01. The molecule has 186 valence electrons. The quantitative estimate of drug-likeness (QED) is 0.282. The van der Waals surface area contributed by atoms with E-state index in [0.717, 1.165) is 29.7 Å². The van der Waals surface area contributed by atoms with Crippen LogP contribution in [0.5, 0.6) is 0 Å². The molecule has 0 spiro atoms. The zero-order valence-electron chi connectivity index (χ0n) is 18.4. The van der Waals surface area contributed by atoms with E-state index in [1.807, 2.05) is 18.7 Å². The Kier molecular flexibility index (Phi) is 8.07. The SMILES string of the molecule is CCCCOC(=O)c1nnc(N=Nc2cc3c(cc2NS(=O)(=O)C(F)(F)F)N(CC)CCC3)s1. The maximum atomic E-state index is 13.0. The topological polar surface area (TPSA) is 126 Å². The molecule has 0 unspecified atom stereocenters. The Balaban J connectivity index is 1.92. The minimum Gasteiger partial charge on any atom is -0.460 e. The van der Waals surface area contributed by atoms with Crippen LogP contribution >= 0.6 is 11.3 Å². The number of esters is 1. The molecular formula is C19H23F3N6O4S2. The van der Waals surface area contributed by atoms with E-state index < -0.39 is 21.5 Å². The average Bonchev–Trinajstić information content (AvgIpc) is 3.25. The van der Waals surface area contributed by atoms with Crippen LogP contribution in [0, 0.1) is 0 Å². The summed E-state index contributed by atoms with van der Waals surface area (Å²) in [4.78, 5) is 13.9. The van der Waals surface area contributed by atoms with Gasteiger partial charge in [0.25, 0.3) is 5.13 Å². The Labute approximate surface area is 198 Å². The van der Waals surface area contributed by atoms with E-state index in [9.17, 15) is 26.4 Å². The lowest BCUT2D eigenvalue weighted by Crippen LogP contribution is -2.31. The lowest BCUT2D eigenvalue weighted by Gasteiger charge is -2.31. The maximum absolute atomic E-state index is 13.0. The number of halogens is 3. The smallest absolute Gasteiger partial charge is 0.460 e. The van der Waals surface area contributed by atoms with Gasteiger partial charge in [-0.1, -0.05) is 24.7 Å². The van der Waals surface area contributed by atoms with Gasteiger partial charge in [-0.3, -0.25) is 4.72 Å². The Hall–Kier alpha value is -2.81. The van der Waals surface area contributed by atoms with Crippen LogP contribution in [0.15, 0.2) is 22.4 Å². The molecule has 0 saturated heterocycles. The second-order valence-electron chi connectivity index (χ2n) is 7.31. The van der Waals surface area contributed by atoms with Gasteiger partial charge in [-0.15, -0.1) is 20.4 Å². The number of anilines is 2. The fraction of sp³-hybridized carbons (Fsp3) is 0.526. The number of hydrogen-bond donors (Lipinski definition) is 1. The molecule has 1 aliphatic rings. The zero-order valence-corrected chi connectivity index (χ0v) is 20.1. The van der Waals surface area contributed by atoms with Crippen molar-refractivity contribution in [2.24, 2.45) is 10.2 Å². The van der Waals surface area contributed by atoms with Crippen LogP contribution in [0.3, 0.4) is 0 Å². The van der Waals surface area contributed by atoms with Gasteiger partial charge in [-0.25, -0.2) is 4.79 Å². The van der Waals surface area contributed by atoms with Crippen LogP contribution in [0.25, 0.3) is 0 Å². The van der Waals surface area contributed by atoms with Crippen molar-refractivity contribution in [1.82, 2.24) is 10.2 Å². The highest BCUT2D eigenvalue weighted by molar-refractivity contribution is 7.93. The van der Waals surface area contributed by atoms with Gasteiger partial charge in [0.2, 0.25) is 5.01 Å². The van der Waals surface area contributed by atoms with Crippen molar-refractivity contribution in [2.75, 3.05) is 29.3 Å². The van der Waals surface area contributed by atoms with Crippen molar-refractivity contribution in [2.45, 2.75) is 45.0 Å². The molecule has 0 aliphatic carbocycles. The summed E-state index contributed by atoms with van der Waals surface area (Å²) < 4.78 is 69.1. The Morgan fingerprint density at radius 1 is 1.26 bits per heavy atom. The fourth-order valence-corrected chi connectivity index (χ4v) is 4.33. The zero-order chi connectivity index (χ0) is 24.9. The minimum atomic E-state index is -5.68. The summed E-state index contributed by atoms with van der Waals surface area (Å²) in [5.41, 5.74) is -4.57. The number of aromatic nitrogens is 2. The molecule has 10 nitrogen and oxygen atoms in total. The molecule has 3 rings (SSSR count). The van der Waals surface area contributed by atoms with Crippen LogP contribution in [0.2, 0.25) is 0 Å². The fourth-order valence-electron chi connectivity index (χ4n) is 3.20. The molecule has 1 N–H and O–H groups in total. The predicted octanol–water partition coefficient (Wildman–Crippen LogP) is 4.94. The number of azo groups is 1. The van der Waals surface area contributed by atoms with Gasteiger partial charge in [0, 0.05) is 18.8 Å². The summed E-state index contributed by atoms with van der Waals surface area (Å²) in [7, 11) is -5.68. The van der Waals surface area contributed by atoms with Crippen molar-refractivity contribution in [3.63, 3.8) is 0 Å². The highest BCUT2D eigenvalue weighted by atomic mass is 32.2. The number of unbranched alkanes of at least 4 members (excludes halogenated alkanes) is 1. The van der Waals surface area contributed by atoms with Gasteiger partial charge in [-0.05, 0) is 43.9 Å². The summed E-state index contributed by atoms with van der Waals surface area (Å²) in [6.45, 7) is 5.36. The Morgan fingerprint density at radius 3 is 2.71 bits per heavy atom. The summed E-state index contributed by atoms with van der Waals surface area (Å²) in [5.74, 6) is -0.667. The Morgan fingerprint density at radius 2 is 2.03 bits per heavy atom. The number of carbonyl (C=O) groups excluding carboxylic acids is 1. The van der Waals surface area contributed by atoms with Crippen molar-refractivity contribution in [3.8, 4) is 0 Å². The molecule has 15 heteroatoms. The monoisotopic (exact) mass is 520 g/mol. The normalized spacial score (nSPS) is 14.3. The number of nitrogens with one attached hydrogen (secondary N) is 1. The van der Waals surface area contributed by atoms with E-state index in [1.165, 1.54) is 12.1 Å². The molecule has 0 amide bonds. The molecule has 2 heterocycles. The lowest BCUT2D eigenvalue weighted by atomic mass is 10.0. The van der Waals surface area contributed by atoms with Gasteiger partial charge >= 0.3 is 21.5 Å². The van der Waals surface area contributed by atoms with Crippen molar-refractivity contribution in [3.05, 3.63) is 22.7 Å². The molecule has 1 aliphatic heterocycles. The van der Waals surface area contributed by atoms with Crippen LogP contribution < -0.4 is 9.62 Å². The first kappa shape index (κ1) is 25.8. The first-order valence-electron chi connectivity index (χ1n) is 10.5. The van der Waals surface area contributed by atoms with Crippen molar-refractivity contribution in [1.29, 1.82) is 0 Å². The number of fused-ring (bicyclic) bond motifs is 1. The lowest BCUT2D eigenvalue weighted by molar-refractivity contribution is -0.0429. The predicted molar refractivity (Wildman–Crippen MR) is 121 cm³/mol. The van der Waals surface area contributed by atoms with E-state index in [0.29, 0.717) is 31.6 Å². The second-order valence-corrected chi connectivity index (χ2v) is 9.94. The van der Waals surface area contributed by atoms with Crippen LogP contribution in [-0.2, 0) is 21.2 Å². The number of aryl methyl sites for hydroxylation is 1. The standard InChI is InChI=1S/C19H23F3N6O4S2/c1-3-5-9-32-17(29)16-24-26-18(33-16)25-23-13-10-12-7-6-8-28(4-2)15(12)11-14(13)27-34(30,31)19(20,21)22/h10-11,27H,3-9H2,1-2H3. The van der Waals surface area contributed by atoms with E-state index in [2.05, 4.69) is 20.4 Å².